The predicted octanol–water partition coefficient (Wildman–Crippen LogP) is 4.83. The molecule has 2 aliphatic rings. The molecule has 186 valence electrons. The highest BCUT2D eigenvalue weighted by Crippen LogP contribution is 2.51. The molecule has 2 amide bonds. The first-order valence-electron chi connectivity index (χ1n) is 12.2. The lowest BCUT2D eigenvalue weighted by Gasteiger charge is -2.17. The number of methoxy groups -OCH3 is 1. The van der Waals surface area contributed by atoms with Crippen LogP contribution in [-0.4, -0.2) is 38.9 Å². The fourth-order valence-electron chi connectivity index (χ4n) is 4.55. The first-order valence-corrected chi connectivity index (χ1v) is 12.2. The van der Waals surface area contributed by atoms with Gasteiger partial charge in [0.25, 0.3) is 5.91 Å². The monoisotopic (exact) mass is 486 g/mol. The second-order valence-corrected chi connectivity index (χ2v) is 9.31. The van der Waals surface area contributed by atoms with Crippen molar-refractivity contribution in [2.75, 3.05) is 32.4 Å². The summed E-state index contributed by atoms with van der Waals surface area (Å²) in [6.45, 7) is 3.43. The van der Waals surface area contributed by atoms with Crippen molar-refractivity contribution in [2.24, 2.45) is 0 Å². The van der Waals surface area contributed by atoms with Gasteiger partial charge in [0, 0.05) is 31.5 Å². The second kappa shape index (κ2) is 10.0. The number of fused-ring (bicyclic) bond motifs is 1. The number of hydrogen-bond donors (Lipinski definition) is 2. The average Bonchev–Trinajstić information content (AvgIpc) is 3.58. The average molecular weight is 487 g/mol. The van der Waals surface area contributed by atoms with Gasteiger partial charge in [-0.1, -0.05) is 24.3 Å². The zero-order valence-corrected chi connectivity index (χ0v) is 20.6. The Labute approximate surface area is 210 Å². The zero-order valence-electron chi connectivity index (χ0n) is 20.6. The highest BCUT2D eigenvalue weighted by molar-refractivity contribution is 6.02. The molecule has 0 unspecified atom stereocenters. The summed E-state index contributed by atoms with van der Waals surface area (Å²) in [5.41, 5.74) is 4.84. The van der Waals surface area contributed by atoms with E-state index in [1.54, 1.807) is 7.11 Å². The van der Waals surface area contributed by atoms with Crippen LogP contribution in [0.15, 0.2) is 60.7 Å². The predicted molar refractivity (Wildman–Crippen MR) is 138 cm³/mol. The molecule has 7 heteroatoms. The number of anilines is 1. The number of hydrogen-bond acceptors (Lipinski definition) is 5. The van der Waals surface area contributed by atoms with Crippen LogP contribution in [0.25, 0.3) is 11.1 Å². The Morgan fingerprint density at radius 2 is 1.75 bits per heavy atom. The van der Waals surface area contributed by atoms with Crippen LogP contribution < -0.4 is 20.1 Å². The number of nitrogens with one attached hydrogen (secondary N) is 2. The third-order valence-corrected chi connectivity index (χ3v) is 6.87. The summed E-state index contributed by atoms with van der Waals surface area (Å²) in [6, 6.07) is 19.2. The molecular formula is C29H30N2O5. The standard InChI is InChI=1S/C29H30N2O5/c1-19-4-10-23(17-24(19)20-5-7-21(8-6-20)27(32)30-14-3-15-34-2)31-28(33)29(12-13-29)22-9-11-25-26(16-22)36-18-35-25/h4-11,16-17H,3,12-15,18H2,1-2H3,(H,30,32)(H,31,33). The minimum Gasteiger partial charge on any atom is -0.454 e. The van der Waals surface area contributed by atoms with E-state index in [0.29, 0.717) is 30.2 Å². The number of carbonyl (C=O) groups is 2. The molecule has 3 aromatic rings. The van der Waals surface area contributed by atoms with E-state index in [9.17, 15) is 9.59 Å². The second-order valence-electron chi connectivity index (χ2n) is 9.31. The van der Waals surface area contributed by atoms with Crippen molar-refractivity contribution < 1.29 is 23.8 Å². The lowest BCUT2D eigenvalue weighted by atomic mass is 9.94. The largest absolute Gasteiger partial charge is 0.454 e. The van der Waals surface area contributed by atoms with Gasteiger partial charge in [0.2, 0.25) is 12.7 Å². The van der Waals surface area contributed by atoms with E-state index in [-0.39, 0.29) is 18.6 Å². The molecule has 1 saturated carbocycles. The van der Waals surface area contributed by atoms with Gasteiger partial charge in [0.15, 0.2) is 11.5 Å². The lowest BCUT2D eigenvalue weighted by molar-refractivity contribution is -0.118. The number of ether oxygens (including phenoxy) is 3. The van der Waals surface area contributed by atoms with Crippen molar-refractivity contribution in [2.45, 2.75) is 31.6 Å². The van der Waals surface area contributed by atoms with Gasteiger partial charge >= 0.3 is 0 Å². The Balaban J connectivity index is 1.29. The molecule has 3 aromatic carbocycles. The molecule has 1 heterocycles. The summed E-state index contributed by atoms with van der Waals surface area (Å²) in [6.07, 6.45) is 2.37. The summed E-state index contributed by atoms with van der Waals surface area (Å²) in [5, 5.41) is 6.03. The highest BCUT2D eigenvalue weighted by atomic mass is 16.7. The molecule has 36 heavy (non-hydrogen) atoms. The van der Waals surface area contributed by atoms with Gasteiger partial charge in [-0.3, -0.25) is 9.59 Å². The van der Waals surface area contributed by atoms with Gasteiger partial charge in [-0.05, 0) is 84.8 Å². The number of carbonyl (C=O) groups excluding carboxylic acids is 2. The topological polar surface area (TPSA) is 85.9 Å². The lowest BCUT2D eigenvalue weighted by Crippen LogP contribution is -2.27. The third kappa shape index (κ3) is 4.79. The van der Waals surface area contributed by atoms with E-state index in [0.717, 1.165) is 47.2 Å². The Morgan fingerprint density at radius 3 is 2.50 bits per heavy atom. The van der Waals surface area contributed by atoms with Crippen molar-refractivity contribution >= 4 is 17.5 Å². The Bertz CT molecular complexity index is 1280. The van der Waals surface area contributed by atoms with Crippen molar-refractivity contribution in [1.29, 1.82) is 0 Å². The molecule has 7 nitrogen and oxygen atoms in total. The molecule has 1 aliphatic heterocycles. The fraction of sp³-hybridized carbons (Fsp3) is 0.310. The minimum atomic E-state index is -0.537. The maximum absolute atomic E-state index is 13.3. The summed E-state index contributed by atoms with van der Waals surface area (Å²) < 4.78 is 15.9. The molecule has 0 spiro atoms. The Morgan fingerprint density at radius 1 is 0.972 bits per heavy atom. The van der Waals surface area contributed by atoms with Crippen molar-refractivity contribution in [3.63, 3.8) is 0 Å². The van der Waals surface area contributed by atoms with Crippen LogP contribution in [0.2, 0.25) is 0 Å². The summed E-state index contributed by atoms with van der Waals surface area (Å²) in [4.78, 5) is 25.7. The van der Waals surface area contributed by atoms with Crippen LogP contribution in [-0.2, 0) is 14.9 Å². The number of amides is 2. The molecule has 1 aliphatic carbocycles. The number of rotatable bonds is 9. The van der Waals surface area contributed by atoms with Gasteiger partial charge < -0.3 is 24.8 Å². The quantitative estimate of drug-likeness (QED) is 0.423. The van der Waals surface area contributed by atoms with E-state index in [1.165, 1.54) is 0 Å². The molecule has 0 aromatic heterocycles. The number of benzene rings is 3. The van der Waals surface area contributed by atoms with Crippen molar-refractivity contribution in [1.82, 2.24) is 5.32 Å². The minimum absolute atomic E-state index is 0.0170. The molecule has 0 atom stereocenters. The van der Waals surface area contributed by atoms with Crippen molar-refractivity contribution in [3.8, 4) is 22.6 Å². The Hall–Kier alpha value is -3.84. The molecule has 2 N–H and O–H groups in total. The molecule has 0 radical (unpaired) electrons. The van der Waals surface area contributed by atoms with Gasteiger partial charge in [0.05, 0.1) is 5.41 Å². The maximum Gasteiger partial charge on any atom is 0.251 e. The van der Waals surface area contributed by atoms with Gasteiger partial charge in [0.1, 0.15) is 0 Å². The molecule has 0 bridgehead atoms. The van der Waals surface area contributed by atoms with Crippen LogP contribution in [0, 0.1) is 6.92 Å². The first-order chi connectivity index (χ1) is 17.5. The third-order valence-electron chi connectivity index (χ3n) is 6.87. The SMILES string of the molecule is COCCCNC(=O)c1ccc(-c2cc(NC(=O)C3(c4ccc5c(c4)OCO5)CC3)ccc2C)cc1. The summed E-state index contributed by atoms with van der Waals surface area (Å²) >= 11 is 0. The summed E-state index contributed by atoms with van der Waals surface area (Å²) in [7, 11) is 1.65. The van der Waals surface area contributed by atoms with Crippen LogP contribution in [0.1, 0.15) is 40.7 Å². The smallest absolute Gasteiger partial charge is 0.251 e. The summed E-state index contributed by atoms with van der Waals surface area (Å²) in [5.74, 6) is 1.29. The first kappa shape index (κ1) is 23.9. The maximum atomic E-state index is 13.3. The normalized spacial score (nSPS) is 14.8. The van der Waals surface area contributed by atoms with E-state index in [2.05, 4.69) is 10.6 Å². The van der Waals surface area contributed by atoms with Crippen LogP contribution >= 0.6 is 0 Å². The van der Waals surface area contributed by atoms with Gasteiger partial charge in [-0.15, -0.1) is 0 Å². The zero-order chi connectivity index (χ0) is 25.1. The van der Waals surface area contributed by atoms with Gasteiger partial charge in [-0.2, -0.15) is 0 Å². The molecule has 1 fully saturated rings. The van der Waals surface area contributed by atoms with Crippen molar-refractivity contribution in [3.05, 3.63) is 77.4 Å². The van der Waals surface area contributed by atoms with Gasteiger partial charge in [-0.25, -0.2) is 0 Å². The van der Waals surface area contributed by atoms with E-state index < -0.39 is 5.41 Å². The van der Waals surface area contributed by atoms with E-state index in [4.69, 9.17) is 14.2 Å². The molecule has 0 saturated heterocycles. The van der Waals surface area contributed by atoms with Crippen LogP contribution in [0.5, 0.6) is 11.5 Å². The molecule has 5 rings (SSSR count). The number of aryl methyl sites for hydroxylation is 1. The fourth-order valence-corrected chi connectivity index (χ4v) is 4.55. The van der Waals surface area contributed by atoms with Crippen LogP contribution in [0.3, 0.4) is 0 Å². The highest BCUT2D eigenvalue weighted by Gasteiger charge is 2.51. The van der Waals surface area contributed by atoms with Crippen LogP contribution in [0.4, 0.5) is 5.69 Å². The van der Waals surface area contributed by atoms with E-state index in [1.807, 2.05) is 67.6 Å². The molecular weight excluding hydrogens is 456 g/mol. The Kier molecular flexibility index (Phi) is 6.65. The van der Waals surface area contributed by atoms with E-state index >= 15 is 0 Å².